The second kappa shape index (κ2) is 5.32. The van der Waals surface area contributed by atoms with Gasteiger partial charge in [0.25, 0.3) is 0 Å². The number of ether oxygens (including phenoxy) is 1. The summed E-state index contributed by atoms with van der Waals surface area (Å²) in [6, 6.07) is -0.0969. The molecule has 1 N–H and O–H groups in total. The Morgan fingerprint density at radius 1 is 1.64 bits per heavy atom. The van der Waals surface area contributed by atoms with Crippen LogP contribution in [0.2, 0.25) is 0 Å². The highest BCUT2D eigenvalue weighted by Gasteiger charge is 2.22. The van der Waals surface area contributed by atoms with Crippen LogP contribution in [-0.4, -0.2) is 50.2 Å². The Labute approximate surface area is 85.6 Å². The Hall–Kier alpha value is -0.610. The van der Waals surface area contributed by atoms with E-state index in [2.05, 4.69) is 12.2 Å². The summed E-state index contributed by atoms with van der Waals surface area (Å²) in [6.45, 7) is 6.94. The summed E-state index contributed by atoms with van der Waals surface area (Å²) in [5.74, 6) is 0.607. The predicted octanol–water partition coefficient (Wildman–Crippen LogP) is 0.0892. The normalized spacial score (nSPS) is 25.6. The van der Waals surface area contributed by atoms with Crippen molar-refractivity contribution in [2.45, 2.75) is 19.9 Å². The SMILES string of the molecule is CNC(C)C(=O)N1CCOCC(C)C1. The summed E-state index contributed by atoms with van der Waals surface area (Å²) in [7, 11) is 1.81. The molecule has 1 fully saturated rings. The van der Waals surface area contributed by atoms with E-state index in [0.29, 0.717) is 12.5 Å². The van der Waals surface area contributed by atoms with Crippen LogP contribution in [0.5, 0.6) is 0 Å². The van der Waals surface area contributed by atoms with E-state index in [1.165, 1.54) is 0 Å². The number of carbonyl (C=O) groups is 1. The van der Waals surface area contributed by atoms with E-state index in [-0.39, 0.29) is 11.9 Å². The van der Waals surface area contributed by atoms with Gasteiger partial charge in [0.05, 0.1) is 19.3 Å². The van der Waals surface area contributed by atoms with Crippen LogP contribution in [0.3, 0.4) is 0 Å². The van der Waals surface area contributed by atoms with Gasteiger partial charge in [-0.05, 0) is 19.9 Å². The van der Waals surface area contributed by atoms with Crippen LogP contribution in [0.25, 0.3) is 0 Å². The molecule has 4 nitrogen and oxygen atoms in total. The van der Waals surface area contributed by atoms with Gasteiger partial charge in [-0.25, -0.2) is 0 Å². The molecule has 1 aliphatic rings. The van der Waals surface area contributed by atoms with Crippen molar-refractivity contribution in [3.63, 3.8) is 0 Å². The molecule has 82 valence electrons. The number of carbonyl (C=O) groups excluding carboxylic acids is 1. The smallest absolute Gasteiger partial charge is 0.239 e. The Bertz CT molecular complexity index is 197. The van der Waals surface area contributed by atoms with E-state index in [1.807, 2.05) is 11.8 Å². The lowest BCUT2D eigenvalue weighted by molar-refractivity contribution is -0.133. The van der Waals surface area contributed by atoms with Gasteiger partial charge in [0, 0.05) is 13.1 Å². The fourth-order valence-corrected chi connectivity index (χ4v) is 1.58. The van der Waals surface area contributed by atoms with E-state index in [1.54, 1.807) is 7.05 Å². The first kappa shape index (κ1) is 11.5. The third-order valence-corrected chi connectivity index (χ3v) is 2.56. The average molecular weight is 200 g/mol. The van der Waals surface area contributed by atoms with E-state index >= 15 is 0 Å². The molecule has 1 heterocycles. The Morgan fingerprint density at radius 3 is 3.00 bits per heavy atom. The minimum atomic E-state index is -0.0969. The van der Waals surface area contributed by atoms with Gasteiger partial charge < -0.3 is 15.0 Å². The van der Waals surface area contributed by atoms with Crippen LogP contribution in [0.15, 0.2) is 0 Å². The maximum Gasteiger partial charge on any atom is 0.239 e. The summed E-state index contributed by atoms with van der Waals surface area (Å²) in [5, 5.41) is 2.97. The monoisotopic (exact) mass is 200 g/mol. The summed E-state index contributed by atoms with van der Waals surface area (Å²) in [4.78, 5) is 13.7. The van der Waals surface area contributed by atoms with Crippen molar-refractivity contribution in [1.29, 1.82) is 0 Å². The van der Waals surface area contributed by atoms with Gasteiger partial charge in [-0.15, -0.1) is 0 Å². The van der Waals surface area contributed by atoms with Crippen LogP contribution in [0.1, 0.15) is 13.8 Å². The molecular formula is C10H20N2O2. The maximum absolute atomic E-state index is 11.8. The number of rotatable bonds is 2. The van der Waals surface area contributed by atoms with Crippen LogP contribution < -0.4 is 5.32 Å². The highest BCUT2D eigenvalue weighted by Crippen LogP contribution is 2.07. The molecule has 0 spiro atoms. The molecule has 14 heavy (non-hydrogen) atoms. The minimum absolute atomic E-state index is 0.0969. The average Bonchev–Trinajstić information content (AvgIpc) is 2.40. The molecular weight excluding hydrogens is 180 g/mol. The number of nitrogens with one attached hydrogen (secondary N) is 1. The minimum Gasteiger partial charge on any atom is -0.379 e. The third-order valence-electron chi connectivity index (χ3n) is 2.56. The van der Waals surface area contributed by atoms with Crippen LogP contribution in [0.4, 0.5) is 0 Å². The molecule has 2 unspecified atom stereocenters. The molecule has 0 aliphatic carbocycles. The second-order valence-electron chi connectivity index (χ2n) is 3.97. The lowest BCUT2D eigenvalue weighted by atomic mass is 10.2. The van der Waals surface area contributed by atoms with Gasteiger partial charge in [-0.1, -0.05) is 6.92 Å². The van der Waals surface area contributed by atoms with Crippen molar-refractivity contribution in [2.75, 3.05) is 33.4 Å². The van der Waals surface area contributed by atoms with Crippen LogP contribution in [-0.2, 0) is 9.53 Å². The van der Waals surface area contributed by atoms with Crippen molar-refractivity contribution < 1.29 is 9.53 Å². The molecule has 1 saturated heterocycles. The lowest BCUT2D eigenvalue weighted by Crippen LogP contribution is -2.45. The Balaban J connectivity index is 2.52. The van der Waals surface area contributed by atoms with Gasteiger partial charge in [0.1, 0.15) is 0 Å². The second-order valence-corrected chi connectivity index (χ2v) is 3.97. The number of hydrogen-bond acceptors (Lipinski definition) is 3. The standard InChI is InChI=1S/C10H20N2O2/c1-8-6-12(4-5-14-7-8)10(13)9(2)11-3/h8-9,11H,4-7H2,1-3H3. The predicted molar refractivity (Wildman–Crippen MR) is 55.1 cm³/mol. The fourth-order valence-electron chi connectivity index (χ4n) is 1.58. The largest absolute Gasteiger partial charge is 0.379 e. The van der Waals surface area contributed by atoms with Crippen LogP contribution >= 0.6 is 0 Å². The molecule has 4 heteroatoms. The molecule has 2 atom stereocenters. The summed E-state index contributed by atoms with van der Waals surface area (Å²) < 4.78 is 5.39. The molecule has 0 saturated carbocycles. The molecule has 0 aromatic carbocycles. The van der Waals surface area contributed by atoms with Gasteiger partial charge in [0.15, 0.2) is 0 Å². The van der Waals surface area contributed by atoms with Crippen molar-refractivity contribution in [3.05, 3.63) is 0 Å². The van der Waals surface area contributed by atoms with E-state index < -0.39 is 0 Å². The van der Waals surface area contributed by atoms with Crippen LogP contribution in [0, 0.1) is 5.92 Å². The zero-order valence-electron chi connectivity index (χ0n) is 9.25. The van der Waals surface area contributed by atoms with Crippen molar-refractivity contribution in [2.24, 2.45) is 5.92 Å². The molecule has 1 aliphatic heterocycles. The topological polar surface area (TPSA) is 41.6 Å². The summed E-state index contributed by atoms with van der Waals surface area (Å²) in [5.41, 5.74) is 0. The highest BCUT2D eigenvalue weighted by atomic mass is 16.5. The Kier molecular flexibility index (Phi) is 4.35. The van der Waals surface area contributed by atoms with Gasteiger partial charge in [0.2, 0.25) is 5.91 Å². The lowest BCUT2D eigenvalue weighted by Gasteiger charge is -2.24. The van der Waals surface area contributed by atoms with Gasteiger partial charge >= 0.3 is 0 Å². The summed E-state index contributed by atoms with van der Waals surface area (Å²) in [6.07, 6.45) is 0. The Morgan fingerprint density at radius 2 is 2.36 bits per heavy atom. The van der Waals surface area contributed by atoms with Crippen molar-refractivity contribution in [1.82, 2.24) is 10.2 Å². The maximum atomic E-state index is 11.8. The molecule has 1 rings (SSSR count). The molecule has 0 aromatic rings. The van der Waals surface area contributed by atoms with Crippen molar-refractivity contribution >= 4 is 5.91 Å². The first-order valence-corrected chi connectivity index (χ1v) is 5.19. The van der Waals surface area contributed by atoms with Crippen molar-refractivity contribution in [3.8, 4) is 0 Å². The van der Waals surface area contributed by atoms with E-state index in [4.69, 9.17) is 4.74 Å². The number of amides is 1. The molecule has 0 bridgehead atoms. The number of likely N-dealkylation sites (N-methyl/N-ethyl adjacent to an activating group) is 1. The third kappa shape index (κ3) is 2.96. The van der Waals surface area contributed by atoms with Gasteiger partial charge in [-0.2, -0.15) is 0 Å². The van der Waals surface area contributed by atoms with E-state index in [9.17, 15) is 4.79 Å². The quantitative estimate of drug-likeness (QED) is 0.687. The molecule has 0 radical (unpaired) electrons. The van der Waals surface area contributed by atoms with Gasteiger partial charge in [-0.3, -0.25) is 4.79 Å². The zero-order valence-corrected chi connectivity index (χ0v) is 9.25. The molecule has 1 amide bonds. The molecule has 0 aromatic heterocycles. The highest BCUT2D eigenvalue weighted by molar-refractivity contribution is 5.81. The first-order chi connectivity index (χ1) is 6.65. The fraction of sp³-hybridized carbons (Fsp3) is 0.900. The first-order valence-electron chi connectivity index (χ1n) is 5.19. The van der Waals surface area contributed by atoms with E-state index in [0.717, 1.165) is 19.7 Å². The summed E-state index contributed by atoms with van der Waals surface area (Å²) >= 11 is 0. The zero-order chi connectivity index (χ0) is 10.6. The number of hydrogen-bond donors (Lipinski definition) is 1. The number of nitrogens with zero attached hydrogens (tertiary/aromatic N) is 1.